The molecule has 2 rings (SSSR count). The SMILES string of the molecule is CC(C)CN1CCC(CN)(N(C)C2CCCN(C)C2)CC1. The zero-order valence-corrected chi connectivity index (χ0v) is 14.6. The molecule has 4 heteroatoms. The first kappa shape index (κ1) is 17.2. The van der Waals surface area contributed by atoms with Crippen LogP contribution in [0.3, 0.4) is 0 Å². The Labute approximate surface area is 131 Å². The van der Waals surface area contributed by atoms with Gasteiger partial charge in [-0.25, -0.2) is 0 Å². The third-order valence-corrected chi connectivity index (χ3v) is 5.69. The first-order chi connectivity index (χ1) is 9.97. The summed E-state index contributed by atoms with van der Waals surface area (Å²) in [5, 5.41) is 0. The summed E-state index contributed by atoms with van der Waals surface area (Å²) in [5.41, 5.74) is 6.49. The third-order valence-electron chi connectivity index (χ3n) is 5.69. The molecule has 124 valence electrons. The van der Waals surface area contributed by atoms with E-state index >= 15 is 0 Å². The second-order valence-corrected chi connectivity index (χ2v) is 7.79. The van der Waals surface area contributed by atoms with Gasteiger partial charge in [0.05, 0.1) is 0 Å². The molecular formula is C17H36N4. The molecule has 2 aliphatic rings. The lowest BCUT2D eigenvalue weighted by atomic mass is 9.83. The zero-order valence-electron chi connectivity index (χ0n) is 14.6. The van der Waals surface area contributed by atoms with Crippen molar-refractivity contribution in [3.05, 3.63) is 0 Å². The van der Waals surface area contributed by atoms with Crippen molar-refractivity contribution in [2.24, 2.45) is 11.7 Å². The number of nitrogens with two attached hydrogens (primary N) is 1. The Balaban J connectivity index is 1.95. The summed E-state index contributed by atoms with van der Waals surface area (Å²) in [4.78, 5) is 7.75. The zero-order chi connectivity index (χ0) is 15.5. The maximum Gasteiger partial charge on any atom is 0.0356 e. The summed E-state index contributed by atoms with van der Waals surface area (Å²) in [6.07, 6.45) is 5.11. The van der Waals surface area contributed by atoms with Crippen LogP contribution in [-0.4, -0.2) is 79.6 Å². The van der Waals surface area contributed by atoms with E-state index in [1.54, 1.807) is 0 Å². The Kier molecular flexibility index (Phi) is 6.06. The highest BCUT2D eigenvalue weighted by atomic mass is 15.3. The summed E-state index contributed by atoms with van der Waals surface area (Å²) < 4.78 is 0. The van der Waals surface area contributed by atoms with Gasteiger partial charge >= 0.3 is 0 Å². The van der Waals surface area contributed by atoms with Crippen molar-refractivity contribution in [1.29, 1.82) is 0 Å². The van der Waals surface area contributed by atoms with E-state index < -0.39 is 0 Å². The van der Waals surface area contributed by atoms with Crippen molar-refractivity contribution >= 4 is 0 Å². The predicted molar refractivity (Wildman–Crippen MR) is 90.6 cm³/mol. The minimum Gasteiger partial charge on any atom is -0.329 e. The van der Waals surface area contributed by atoms with Crippen LogP contribution in [-0.2, 0) is 0 Å². The van der Waals surface area contributed by atoms with E-state index in [1.807, 2.05) is 0 Å². The lowest BCUT2D eigenvalue weighted by molar-refractivity contribution is -0.00621. The molecule has 1 unspecified atom stereocenters. The third kappa shape index (κ3) is 4.19. The van der Waals surface area contributed by atoms with E-state index in [2.05, 4.69) is 42.6 Å². The molecule has 0 bridgehead atoms. The van der Waals surface area contributed by atoms with E-state index in [1.165, 1.54) is 58.4 Å². The smallest absolute Gasteiger partial charge is 0.0356 e. The van der Waals surface area contributed by atoms with Crippen molar-refractivity contribution in [3.8, 4) is 0 Å². The van der Waals surface area contributed by atoms with Crippen LogP contribution in [0.15, 0.2) is 0 Å². The van der Waals surface area contributed by atoms with Crippen LogP contribution in [0.25, 0.3) is 0 Å². The first-order valence-electron chi connectivity index (χ1n) is 8.81. The van der Waals surface area contributed by atoms with Crippen LogP contribution in [0.5, 0.6) is 0 Å². The predicted octanol–water partition coefficient (Wildman–Crippen LogP) is 1.46. The highest BCUT2D eigenvalue weighted by molar-refractivity contribution is 4.98. The summed E-state index contributed by atoms with van der Waals surface area (Å²) >= 11 is 0. The number of hydrogen-bond acceptors (Lipinski definition) is 4. The quantitative estimate of drug-likeness (QED) is 0.833. The second-order valence-electron chi connectivity index (χ2n) is 7.79. The van der Waals surface area contributed by atoms with Gasteiger partial charge in [0.1, 0.15) is 0 Å². The minimum atomic E-state index is 0.232. The van der Waals surface area contributed by atoms with Crippen molar-refractivity contribution in [2.45, 2.75) is 51.1 Å². The molecular weight excluding hydrogens is 260 g/mol. The number of likely N-dealkylation sites (N-methyl/N-ethyl adjacent to an activating group) is 2. The maximum absolute atomic E-state index is 6.25. The number of rotatable bonds is 5. The van der Waals surface area contributed by atoms with Gasteiger partial charge in [-0.2, -0.15) is 0 Å². The standard InChI is InChI=1S/C17H36N4/c1-15(2)12-21-10-7-17(14-18,8-11-21)20(4)16-6-5-9-19(3)13-16/h15-16H,5-14,18H2,1-4H3. The number of piperidine rings is 2. The van der Waals surface area contributed by atoms with E-state index in [9.17, 15) is 0 Å². The molecule has 1 atom stereocenters. The van der Waals surface area contributed by atoms with E-state index in [-0.39, 0.29) is 5.54 Å². The highest BCUT2D eigenvalue weighted by Crippen LogP contribution is 2.31. The van der Waals surface area contributed by atoms with Crippen LogP contribution in [0.1, 0.15) is 39.5 Å². The van der Waals surface area contributed by atoms with Crippen LogP contribution >= 0.6 is 0 Å². The summed E-state index contributed by atoms with van der Waals surface area (Å²) in [7, 11) is 4.58. The Bertz CT molecular complexity index is 310. The fraction of sp³-hybridized carbons (Fsp3) is 1.00. The van der Waals surface area contributed by atoms with Crippen molar-refractivity contribution in [3.63, 3.8) is 0 Å². The summed E-state index contributed by atoms with van der Waals surface area (Å²) in [6.45, 7) is 11.5. The average Bonchev–Trinajstić information content (AvgIpc) is 2.47. The summed E-state index contributed by atoms with van der Waals surface area (Å²) in [6, 6.07) is 0.684. The van der Waals surface area contributed by atoms with Crippen molar-refractivity contribution < 1.29 is 0 Å². The molecule has 2 fully saturated rings. The normalized spacial score (nSPS) is 28.4. The van der Waals surface area contributed by atoms with Gasteiger partial charge in [-0.05, 0) is 65.3 Å². The van der Waals surface area contributed by atoms with Gasteiger partial charge in [0.2, 0.25) is 0 Å². The molecule has 0 aromatic rings. The van der Waals surface area contributed by atoms with Crippen molar-refractivity contribution in [1.82, 2.24) is 14.7 Å². The molecule has 2 aliphatic heterocycles. The van der Waals surface area contributed by atoms with E-state index in [4.69, 9.17) is 5.73 Å². The lowest BCUT2D eigenvalue weighted by Gasteiger charge is -2.51. The van der Waals surface area contributed by atoms with Crippen molar-refractivity contribution in [2.75, 3.05) is 53.4 Å². The molecule has 0 amide bonds. The molecule has 2 N–H and O–H groups in total. The topological polar surface area (TPSA) is 35.7 Å². The molecule has 0 aromatic carbocycles. The molecule has 0 saturated carbocycles. The molecule has 0 aromatic heterocycles. The average molecular weight is 297 g/mol. The first-order valence-corrected chi connectivity index (χ1v) is 8.81. The van der Waals surface area contributed by atoms with Crippen LogP contribution in [0.4, 0.5) is 0 Å². The number of nitrogens with zero attached hydrogens (tertiary/aromatic N) is 3. The van der Waals surface area contributed by atoms with E-state index in [0.29, 0.717) is 6.04 Å². The fourth-order valence-corrected chi connectivity index (χ4v) is 4.21. The Morgan fingerprint density at radius 1 is 1.24 bits per heavy atom. The number of likely N-dealkylation sites (tertiary alicyclic amines) is 2. The molecule has 2 saturated heterocycles. The van der Waals surface area contributed by atoms with Crippen LogP contribution in [0, 0.1) is 5.92 Å². The monoisotopic (exact) mass is 296 g/mol. The van der Waals surface area contributed by atoms with Crippen LogP contribution in [0.2, 0.25) is 0 Å². The Morgan fingerprint density at radius 3 is 2.43 bits per heavy atom. The largest absolute Gasteiger partial charge is 0.329 e. The molecule has 0 radical (unpaired) electrons. The van der Waals surface area contributed by atoms with Gasteiger partial charge in [0.15, 0.2) is 0 Å². The van der Waals surface area contributed by atoms with Crippen LogP contribution < -0.4 is 5.73 Å². The van der Waals surface area contributed by atoms with Gasteiger partial charge in [-0.3, -0.25) is 4.90 Å². The van der Waals surface area contributed by atoms with Gasteiger partial charge in [0, 0.05) is 31.2 Å². The molecule has 0 aliphatic carbocycles. The van der Waals surface area contributed by atoms with Gasteiger partial charge in [0.25, 0.3) is 0 Å². The fourth-order valence-electron chi connectivity index (χ4n) is 4.21. The molecule has 2 heterocycles. The second kappa shape index (κ2) is 7.40. The minimum absolute atomic E-state index is 0.232. The van der Waals surface area contributed by atoms with Gasteiger partial charge in [-0.15, -0.1) is 0 Å². The molecule has 21 heavy (non-hydrogen) atoms. The Hall–Kier alpha value is -0.160. The van der Waals surface area contributed by atoms with Gasteiger partial charge in [-0.1, -0.05) is 13.8 Å². The maximum atomic E-state index is 6.25. The lowest BCUT2D eigenvalue weighted by Crippen LogP contribution is -2.63. The Morgan fingerprint density at radius 2 is 1.90 bits per heavy atom. The molecule has 4 nitrogen and oxygen atoms in total. The van der Waals surface area contributed by atoms with E-state index in [0.717, 1.165) is 12.5 Å². The summed E-state index contributed by atoms with van der Waals surface area (Å²) in [5.74, 6) is 0.764. The molecule has 0 spiro atoms. The van der Waals surface area contributed by atoms with Gasteiger partial charge < -0.3 is 15.5 Å². The number of hydrogen-bond donors (Lipinski definition) is 1. The highest BCUT2D eigenvalue weighted by Gasteiger charge is 2.40.